The van der Waals surface area contributed by atoms with E-state index >= 15 is 0 Å². The summed E-state index contributed by atoms with van der Waals surface area (Å²) in [4.78, 5) is 39.8. The molecule has 3 rings (SSSR count). The first-order valence-corrected chi connectivity index (χ1v) is 8.48. The van der Waals surface area contributed by atoms with Gasteiger partial charge in [-0.05, 0) is 32.0 Å². The Kier molecular flexibility index (Phi) is 5.30. The molecule has 0 saturated carbocycles. The van der Waals surface area contributed by atoms with E-state index in [1.807, 2.05) is 6.07 Å². The van der Waals surface area contributed by atoms with Gasteiger partial charge in [0.05, 0.1) is 16.0 Å². The molecule has 0 radical (unpaired) electrons. The number of aryl methyl sites for hydroxylation is 1. The number of pyridine rings is 1. The van der Waals surface area contributed by atoms with Gasteiger partial charge < -0.3 is 10.1 Å². The number of para-hydroxylation sites is 3. The third-order valence-corrected chi connectivity index (χ3v) is 4.08. The van der Waals surface area contributed by atoms with E-state index in [9.17, 15) is 19.7 Å². The van der Waals surface area contributed by atoms with Crippen molar-refractivity contribution in [3.63, 3.8) is 0 Å². The monoisotopic (exact) mass is 379 g/mol. The smallest absolute Gasteiger partial charge is 0.339 e. The number of fused-ring (bicyclic) bond motifs is 1. The van der Waals surface area contributed by atoms with Crippen molar-refractivity contribution in [2.24, 2.45) is 0 Å². The highest BCUT2D eigenvalue weighted by molar-refractivity contribution is 6.05. The Morgan fingerprint density at radius 3 is 2.57 bits per heavy atom. The van der Waals surface area contributed by atoms with Gasteiger partial charge in [-0.2, -0.15) is 0 Å². The van der Waals surface area contributed by atoms with Gasteiger partial charge in [0.25, 0.3) is 11.6 Å². The van der Waals surface area contributed by atoms with E-state index in [1.54, 1.807) is 37.3 Å². The lowest BCUT2D eigenvalue weighted by molar-refractivity contribution is -0.383. The Morgan fingerprint density at radius 1 is 1.14 bits per heavy atom. The Morgan fingerprint density at radius 2 is 1.82 bits per heavy atom. The van der Waals surface area contributed by atoms with Crippen LogP contribution in [0, 0.1) is 17.0 Å². The van der Waals surface area contributed by atoms with E-state index in [2.05, 4.69) is 10.3 Å². The lowest BCUT2D eigenvalue weighted by Crippen LogP contribution is -2.30. The quantitative estimate of drug-likeness (QED) is 0.412. The number of nitrogens with zero attached hydrogens (tertiary/aromatic N) is 2. The van der Waals surface area contributed by atoms with E-state index < -0.39 is 22.9 Å². The summed E-state index contributed by atoms with van der Waals surface area (Å²) in [6.45, 7) is 3.16. The van der Waals surface area contributed by atoms with Crippen molar-refractivity contribution in [2.75, 3.05) is 5.32 Å². The van der Waals surface area contributed by atoms with Gasteiger partial charge in [-0.1, -0.05) is 30.3 Å². The van der Waals surface area contributed by atoms with Gasteiger partial charge in [-0.3, -0.25) is 19.9 Å². The average molecular weight is 379 g/mol. The van der Waals surface area contributed by atoms with Gasteiger partial charge >= 0.3 is 5.97 Å². The molecule has 1 aromatic heterocycles. The number of amides is 1. The number of benzene rings is 2. The minimum atomic E-state index is -1.15. The topological polar surface area (TPSA) is 111 Å². The van der Waals surface area contributed by atoms with Crippen molar-refractivity contribution in [1.29, 1.82) is 0 Å². The number of nitrogens with one attached hydrogen (secondary N) is 1. The van der Waals surface area contributed by atoms with Crippen LogP contribution in [-0.2, 0) is 9.53 Å². The van der Waals surface area contributed by atoms with Crippen LogP contribution in [0.4, 0.5) is 11.4 Å². The molecule has 0 aliphatic carbocycles. The first-order chi connectivity index (χ1) is 13.4. The lowest BCUT2D eigenvalue weighted by Gasteiger charge is -2.14. The van der Waals surface area contributed by atoms with Crippen LogP contribution in [0.2, 0.25) is 0 Å². The minimum Gasteiger partial charge on any atom is -0.449 e. The number of hydrogen-bond donors (Lipinski definition) is 1. The molecule has 1 amide bonds. The number of ether oxygens (including phenoxy) is 1. The summed E-state index contributed by atoms with van der Waals surface area (Å²) in [6.07, 6.45) is -1.15. The largest absolute Gasteiger partial charge is 0.449 e. The maximum atomic E-state index is 12.6. The van der Waals surface area contributed by atoms with Crippen LogP contribution in [0.15, 0.2) is 54.6 Å². The predicted molar refractivity (Wildman–Crippen MR) is 103 cm³/mol. The number of hydrogen-bond acceptors (Lipinski definition) is 6. The third-order valence-electron chi connectivity index (χ3n) is 4.08. The lowest BCUT2D eigenvalue weighted by atomic mass is 10.1. The Hall–Kier alpha value is -3.81. The zero-order valence-corrected chi connectivity index (χ0v) is 15.2. The molecule has 0 bridgehead atoms. The minimum absolute atomic E-state index is 0.0330. The van der Waals surface area contributed by atoms with Crippen molar-refractivity contribution >= 4 is 34.2 Å². The summed E-state index contributed by atoms with van der Waals surface area (Å²) in [5, 5.41) is 14.1. The van der Waals surface area contributed by atoms with E-state index in [0.717, 1.165) is 0 Å². The molecule has 2 aromatic carbocycles. The summed E-state index contributed by atoms with van der Waals surface area (Å²) in [6, 6.07) is 14.5. The first-order valence-electron chi connectivity index (χ1n) is 8.48. The summed E-state index contributed by atoms with van der Waals surface area (Å²) in [5.74, 6) is -1.34. The number of anilines is 1. The van der Waals surface area contributed by atoms with E-state index in [-0.39, 0.29) is 11.4 Å². The fourth-order valence-corrected chi connectivity index (χ4v) is 2.73. The highest BCUT2D eigenvalue weighted by atomic mass is 16.6. The number of esters is 1. The van der Waals surface area contributed by atoms with Gasteiger partial charge in [-0.25, -0.2) is 4.79 Å². The normalized spacial score (nSPS) is 11.6. The Balaban J connectivity index is 1.78. The summed E-state index contributed by atoms with van der Waals surface area (Å²) in [5.41, 5.74) is 1.37. The molecule has 0 spiro atoms. The summed E-state index contributed by atoms with van der Waals surface area (Å²) in [7, 11) is 0. The van der Waals surface area contributed by atoms with Gasteiger partial charge in [-0.15, -0.1) is 0 Å². The SMILES string of the molecule is Cc1cc(C(=O)O[C@H](C)C(=O)Nc2ccccc2[N+](=O)[O-])c2ccccc2n1. The fraction of sp³-hybridized carbons (Fsp3) is 0.150. The molecule has 0 saturated heterocycles. The second-order valence-electron chi connectivity index (χ2n) is 6.14. The maximum absolute atomic E-state index is 12.6. The fourth-order valence-electron chi connectivity index (χ4n) is 2.73. The van der Waals surface area contributed by atoms with Crippen molar-refractivity contribution in [3.8, 4) is 0 Å². The van der Waals surface area contributed by atoms with E-state index in [1.165, 1.54) is 25.1 Å². The standard InChI is InChI=1S/C20H17N3O5/c1-12-11-15(14-7-3-4-8-16(14)21-12)20(25)28-13(2)19(24)22-17-9-5-6-10-18(17)23(26)27/h3-11,13H,1-2H3,(H,22,24)/t13-/m1/s1. The van der Waals surface area contributed by atoms with Crippen LogP contribution in [-0.4, -0.2) is 27.9 Å². The molecule has 8 heteroatoms. The Bertz CT molecular complexity index is 1080. The number of nitro benzene ring substituents is 1. The van der Waals surface area contributed by atoms with Crippen LogP contribution < -0.4 is 5.32 Å². The van der Waals surface area contributed by atoms with Crippen molar-refractivity contribution in [2.45, 2.75) is 20.0 Å². The van der Waals surface area contributed by atoms with Crippen LogP contribution in [0.1, 0.15) is 23.0 Å². The second kappa shape index (κ2) is 7.83. The molecular weight excluding hydrogens is 362 g/mol. The molecule has 0 unspecified atom stereocenters. The van der Waals surface area contributed by atoms with Crippen LogP contribution in [0.5, 0.6) is 0 Å². The first kappa shape index (κ1) is 19.0. The molecule has 1 atom stereocenters. The molecule has 0 fully saturated rings. The number of nitro groups is 1. The number of carbonyl (C=O) groups excluding carboxylic acids is 2. The Labute approximate surface area is 160 Å². The third kappa shape index (κ3) is 3.96. The highest BCUT2D eigenvalue weighted by Gasteiger charge is 2.23. The zero-order valence-electron chi connectivity index (χ0n) is 15.2. The number of rotatable bonds is 5. The maximum Gasteiger partial charge on any atom is 0.339 e. The molecule has 3 aromatic rings. The summed E-state index contributed by atoms with van der Waals surface area (Å²) < 4.78 is 5.29. The molecule has 0 aliphatic rings. The van der Waals surface area contributed by atoms with Crippen LogP contribution in [0.3, 0.4) is 0 Å². The number of carbonyl (C=O) groups is 2. The van der Waals surface area contributed by atoms with E-state index in [0.29, 0.717) is 22.2 Å². The highest BCUT2D eigenvalue weighted by Crippen LogP contribution is 2.24. The van der Waals surface area contributed by atoms with Gasteiger partial charge in [0.2, 0.25) is 0 Å². The second-order valence-corrected chi connectivity index (χ2v) is 6.14. The molecule has 0 aliphatic heterocycles. The van der Waals surface area contributed by atoms with Crippen LogP contribution >= 0.6 is 0 Å². The molecule has 8 nitrogen and oxygen atoms in total. The number of aromatic nitrogens is 1. The van der Waals surface area contributed by atoms with Crippen molar-refractivity contribution in [1.82, 2.24) is 4.98 Å². The molecule has 142 valence electrons. The van der Waals surface area contributed by atoms with Gasteiger partial charge in [0.15, 0.2) is 6.10 Å². The molecule has 1 heterocycles. The van der Waals surface area contributed by atoms with Crippen LogP contribution in [0.25, 0.3) is 10.9 Å². The predicted octanol–water partition coefficient (Wildman–Crippen LogP) is 3.64. The molecule has 1 N–H and O–H groups in total. The summed E-state index contributed by atoms with van der Waals surface area (Å²) >= 11 is 0. The molecular formula is C20H17N3O5. The van der Waals surface area contributed by atoms with Gasteiger partial charge in [0, 0.05) is 17.1 Å². The van der Waals surface area contributed by atoms with Crippen molar-refractivity contribution < 1.29 is 19.2 Å². The average Bonchev–Trinajstić information content (AvgIpc) is 2.67. The van der Waals surface area contributed by atoms with Gasteiger partial charge in [0.1, 0.15) is 5.69 Å². The van der Waals surface area contributed by atoms with Crippen molar-refractivity contribution in [3.05, 3.63) is 76.0 Å². The zero-order chi connectivity index (χ0) is 20.3. The van der Waals surface area contributed by atoms with E-state index in [4.69, 9.17) is 4.74 Å². The molecule has 28 heavy (non-hydrogen) atoms.